The molecule has 4 nitrogen and oxygen atoms in total. The van der Waals surface area contributed by atoms with Crippen LogP contribution < -0.4 is 9.47 Å². The van der Waals surface area contributed by atoms with Crippen molar-refractivity contribution in [1.29, 1.82) is 0 Å². The summed E-state index contributed by atoms with van der Waals surface area (Å²) in [7, 11) is 1.59. The second-order valence-electron chi connectivity index (χ2n) is 4.37. The minimum atomic E-state index is -0.392. The number of halogens is 1. The zero-order valence-electron chi connectivity index (χ0n) is 11.1. The molecule has 0 bridgehead atoms. The predicted molar refractivity (Wildman–Crippen MR) is 75.5 cm³/mol. The zero-order chi connectivity index (χ0) is 13.8. The van der Waals surface area contributed by atoms with Gasteiger partial charge in [0, 0.05) is 10.9 Å². The number of carbonyl (C=O) groups is 1. The Morgan fingerprint density at radius 1 is 1.42 bits per heavy atom. The molecule has 104 valence electrons. The summed E-state index contributed by atoms with van der Waals surface area (Å²) in [6.45, 7) is 2.78. The minimum absolute atomic E-state index is 0.00533. The molecule has 0 fully saturated rings. The highest BCUT2D eigenvalue weighted by Gasteiger charge is 2.26. The molecule has 1 aliphatic heterocycles. The number of Topliss-reactive ketones (excluding diaryl/α,β-unsaturated/α-hetero) is 1. The molecular weight excluding hydrogens is 312 g/mol. The van der Waals surface area contributed by atoms with Crippen LogP contribution in [0.3, 0.4) is 0 Å². The molecule has 0 N–H and O–H groups in total. The molecule has 0 aromatic heterocycles. The van der Waals surface area contributed by atoms with E-state index in [1.807, 2.05) is 6.07 Å². The van der Waals surface area contributed by atoms with Crippen LogP contribution in [0.5, 0.6) is 11.5 Å². The molecule has 0 spiro atoms. The maximum absolute atomic E-state index is 12.1. The SMILES string of the molecule is COc1cc2c(cc1OCCCBr)C(=O)C(C)OC2. The van der Waals surface area contributed by atoms with Crippen LogP contribution in [-0.4, -0.2) is 30.9 Å². The van der Waals surface area contributed by atoms with Crippen molar-refractivity contribution in [2.75, 3.05) is 19.0 Å². The van der Waals surface area contributed by atoms with Crippen LogP contribution in [0.4, 0.5) is 0 Å². The molecule has 1 atom stereocenters. The van der Waals surface area contributed by atoms with E-state index >= 15 is 0 Å². The molecule has 1 aromatic carbocycles. The van der Waals surface area contributed by atoms with Gasteiger partial charge in [0.25, 0.3) is 0 Å². The first kappa shape index (κ1) is 14.3. The van der Waals surface area contributed by atoms with Crippen molar-refractivity contribution >= 4 is 21.7 Å². The molecule has 0 aliphatic carbocycles. The minimum Gasteiger partial charge on any atom is -0.493 e. The molecule has 1 aromatic rings. The number of benzene rings is 1. The van der Waals surface area contributed by atoms with Gasteiger partial charge in [-0.3, -0.25) is 4.79 Å². The maximum Gasteiger partial charge on any atom is 0.191 e. The molecule has 1 heterocycles. The number of rotatable bonds is 5. The van der Waals surface area contributed by atoms with Crippen molar-refractivity contribution in [3.8, 4) is 11.5 Å². The fourth-order valence-corrected chi connectivity index (χ4v) is 2.20. The van der Waals surface area contributed by atoms with Crippen molar-refractivity contribution in [2.24, 2.45) is 0 Å². The number of methoxy groups -OCH3 is 1. The van der Waals surface area contributed by atoms with Gasteiger partial charge in [-0.05, 0) is 31.0 Å². The van der Waals surface area contributed by atoms with E-state index in [1.165, 1.54) is 0 Å². The van der Waals surface area contributed by atoms with Crippen LogP contribution in [-0.2, 0) is 11.3 Å². The molecule has 0 saturated heterocycles. The molecule has 0 amide bonds. The smallest absolute Gasteiger partial charge is 0.191 e. The standard InChI is InChI=1S/C14H17BrO4/c1-9-14(16)11-7-13(18-5-3-4-15)12(17-2)6-10(11)8-19-9/h6-7,9H,3-5,8H2,1-2H3. The lowest BCUT2D eigenvalue weighted by atomic mass is 9.97. The number of ketones is 1. The number of hydrogen-bond donors (Lipinski definition) is 0. The highest BCUT2D eigenvalue weighted by molar-refractivity contribution is 9.09. The third kappa shape index (κ3) is 3.09. The number of alkyl halides is 1. The van der Waals surface area contributed by atoms with E-state index in [0.29, 0.717) is 30.3 Å². The van der Waals surface area contributed by atoms with E-state index in [9.17, 15) is 4.79 Å². The van der Waals surface area contributed by atoms with Crippen LogP contribution >= 0.6 is 15.9 Å². The first-order valence-electron chi connectivity index (χ1n) is 6.23. The summed E-state index contributed by atoms with van der Waals surface area (Å²) in [6.07, 6.45) is 0.504. The van der Waals surface area contributed by atoms with Gasteiger partial charge in [-0.15, -0.1) is 0 Å². The molecule has 5 heteroatoms. The second-order valence-corrected chi connectivity index (χ2v) is 5.16. The van der Waals surface area contributed by atoms with E-state index < -0.39 is 6.10 Å². The molecule has 1 unspecified atom stereocenters. The Labute approximate surface area is 121 Å². The largest absolute Gasteiger partial charge is 0.493 e. The number of carbonyl (C=O) groups excluding carboxylic acids is 1. The van der Waals surface area contributed by atoms with E-state index in [4.69, 9.17) is 14.2 Å². The van der Waals surface area contributed by atoms with Crippen molar-refractivity contribution in [1.82, 2.24) is 0 Å². The Kier molecular flexibility index (Phi) is 4.82. The Balaban J connectivity index is 2.30. The summed E-state index contributed by atoms with van der Waals surface area (Å²) in [5.74, 6) is 1.25. The van der Waals surface area contributed by atoms with Gasteiger partial charge < -0.3 is 14.2 Å². The van der Waals surface area contributed by atoms with Gasteiger partial charge >= 0.3 is 0 Å². The Morgan fingerprint density at radius 3 is 2.89 bits per heavy atom. The summed E-state index contributed by atoms with van der Waals surface area (Å²) < 4.78 is 16.4. The number of ether oxygens (including phenoxy) is 3. The van der Waals surface area contributed by atoms with Gasteiger partial charge in [0.15, 0.2) is 17.3 Å². The summed E-state index contributed by atoms with van der Waals surface area (Å²) in [6, 6.07) is 3.59. The van der Waals surface area contributed by atoms with Crippen LogP contribution in [0.25, 0.3) is 0 Å². The summed E-state index contributed by atoms with van der Waals surface area (Å²) in [5, 5.41) is 0.879. The Bertz CT molecular complexity index is 473. The second kappa shape index (κ2) is 6.39. The van der Waals surface area contributed by atoms with E-state index in [2.05, 4.69) is 15.9 Å². The maximum atomic E-state index is 12.1. The predicted octanol–water partition coefficient (Wildman–Crippen LogP) is 2.96. The summed E-state index contributed by atoms with van der Waals surface area (Å²) in [5.41, 5.74) is 1.53. The molecule has 19 heavy (non-hydrogen) atoms. The van der Waals surface area contributed by atoms with E-state index in [-0.39, 0.29) is 5.78 Å². The lowest BCUT2D eigenvalue weighted by Crippen LogP contribution is -2.27. The van der Waals surface area contributed by atoms with Crippen molar-refractivity contribution in [3.63, 3.8) is 0 Å². The van der Waals surface area contributed by atoms with Gasteiger partial charge in [0.05, 0.1) is 20.3 Å². The molecule has 0 radical (unpaired) electrons. The highest BCUT2D eigenvalue weighted by atomic mass is 79.9. The average Bonchev–Trinajstić information content (AvgIpc) is 2.43. The average molecular weight is 329 g/mol. The first-order valence-corrected chi connectivity index (χ1v) is 7.35. The number of hydrogen-bond acceptors (Lipinski definition) is 4. The normalized spacial score (nSPS) is 18.1. The zero-order valence-corrected chi connectivity index (χ0v) is 12.7. The third-order valence-electron chi connectivity index (χ3n) is 3.05. The summed E-state index contributed by atoms with van der Waals surface area (Å²) in [4.78, 5) is 12.1. The van der Waals surface area contributed by atoms with Crippen molar-refractivity contribution in [2.45, 2.75) is 26.1 Å². The van der Waals surface area contributed by atoms with Gasteiger partial charge in [0.1, 0.15) is 6.10 Å². The van der Waals surface area contributed by atoms with Gasteiger partial charge in [-0.1, -0.05) is 15.9 Å². The fraction of sp³-hybridized carbons (Fsp3) is 0.500. The lowest BCUT2D eigenvalue weighted by molar-refractivity contribution is 0.0335. The topological polar surface area (TPSA) is 44.8 Å². The first-order chi connectivity index (χ1) is 9.17. The van der Waals surface area contributed by atoms with Gasteiger partial charge in [-0.2, -0.15) is 0 Å². The molecule has 1 aliphatic rings. The Hall–Kier alpha value is -1.07. The lowest BCUT2D eigenvalue weighted by Gasteiger charge is -2.23. The van der Waals surface area contributed by atoms with Crippen LogP contribution in [0.2, 0.25) is 0 Å². The van der Waals surface area contributed by atoms with Gasteiger partial charge in [-0.25, -0.2) is 0 Å². The van der Waals surface area contributed by atoms with Crippen molar-refractivity contribution < 1.29 is 19.0 Å². The third-order valence-corrected chi connectivity index (χ3v) is 3.61. The van der Waals surface area contributed by atoms with Crippen LogP contribution in [0.1, 0.15) is 29.3 Å². The van der Waals surface area contributed by atoms with E-state index in [1.54, 1.807) is 20.1 Å². The van der Waals surface area contributed by atoms with Crippen LogP contribution in [0, 0.1) is 0 Å². The Morgan fingerprint density at radius 2 is 2.21 bits per heavy atom. The van der Waals surface area contributed by atoms with Gasteiger partial charge in [0.2, 0.25) is 0 Å². The van der Waals surface area contributed by atoms with E-state index in [0.717, 1.165) is 17.3 Å². The molecule has 0 saturated carbocycles. The van der Waals surface area contributed by atoms with Crippen LogP contribution in [0.15, 0.2) is 12.1 Å². The fourth-order valence-electron chi connectivity index (χ4n) is 1.97. The molecule has 2 rings (SSSR count). The monoisotopic (exact) mass is 328 g/mol. The highest BCUT2D eigenvalue weighted by Crippen LogP contribution is 2.34. The molecular formula is C14H17BrO4. The quantitative estimate of drug-likeness (QED) is 0.615. The number of fused-ring (bicyclic) bond motifs is 1. The van der Waals surface area contributed by atoms with Crippen molar-refractivity contribution in [3.05, 3.63) is 23.3 Å². The summed E-state index contributed by atoms with van der Waals surface area (Å²) >= 11 is 3.35.